The second-order valence-electron chi connectivity index (χ2n) is 6.87. The van der Waals surface area contributed by atoms with E-state index in [1.165, 1.54) is 18.7 Å². The third-order valence-corrected chi connectivity index (χ3v) is 5.76. The SMILES string of the molecule is CC(=O)Nc1ccc(SC(C(=O)Nc2c(C)cccc2C)c2ccccc2)cc1. The van der Waals surface area contributed by atoms with Gasteiger partial charge in [0, 0.05) is 23.2 Å². The normalized spacial score (nSPS) is 11.6. The number of hydrogen-bond donors (Lipinski definition) is 2. The Hall–Kier alpha value is -3.05. The Morgan fingerprint density at radius 2 is 1.41 bits per heavy atom. The number of carbonyl (C=O) groups excluding carboxylic acids is 2. The van der Waals surface area contributed by atoms with Gasteiger partial charge in [0.15, 0.2) is 0 Å². The highest BCUT2D eigenvalue weighted by Gasteiger charge is 2.23. The molecule has 0 bridgehead atoms. The molecule has 2 N–H and O–H groups in total. The number of amides is 2. The number of benzene rings is 3. The fourth-order valence-electron chi connectivity index (χ4n) is 3.06. The number of aryl methyl sites for hydroxylation is 2. The van der Waals surface area contributed by atoms with Crippen LogP contribution in [-0.2, 0) is 9.59 Å². The van der Waals surface area contributed by atoms with Crippen LogP contribution in [0.3, 0.4) is 0 Å². The van der Waals surface area contributed by atoms with Gasteiger partial charge in [-0.3, -0.25) is 9.59 Å². The lowest BCUT2D eigenvalue weighted by Gasteiger charge is -2.19. The lowest BCUT2D eigenvalue weighted by atomic mass is 10.1. The average molecular weight is 405 g/mol. The molecule has 3 aromatic carbocycles. The van der Waals surface area contributed by atoms with Gasteiger partial charge in [-0.25, -0.2) is 0 Å². The minimum atomic E-state index is -0.401. The molecule has 4 nitrogen and oxygen atoms in total. The second-order valence-corrected chi connectivity index (χ2v) is 8.05. The first-order valence-corrected chi connectivity index (χ1v) is 10.3. The Balaban J connectivity index is 1.85. The molecule has 5 heteroatoms. The topological polar surface area (TPSA) is 58.2 Å². The van der Waals surface area contributed by atoms with Gasteiger partial charge in [-0.1, -0.05) is 48.5 Å². The predicted molar refractivity (Wildman–Crippen MR) is 120 cm³/mol. The third-order valence-electron chi connectivity index (χ3n) is 4.50. The van der Waals surface area contributed by atoms with Crippen molar-refractivity contribution in [1.82, 2.24) is 0 Å². The molecule has 29 heavy (non-hydrogen) atoms. The van der Waals surface area contributed by atoms with Gasteiger partial charge < -0.3 is 10.6 Å². The summed E-state index contributed by atoms with van der Waals surface area (Å²) in [6.07, 6.45) is 0. The molecule has 0 saturated heterocycles. The van der Waals surface area contributed by atoms with Crippen molar-refractivity contribution in [3.05, 3.63) is 89.5 Å². The summed E-state index contributed by atoms with van der Waals surface area (Å²) in [5.41, 5.74) is 4.61. The van der Waals surface area contributed by atoms with Crippen LogP contribution < -0.4 is 10.6 Å². The van der Waals surface area contributed by atoms with Crippen molar-refractivity contribution in [1.29, 1.82) is 0 Å². The Kier molecular flexibility index (Phi) is 6.73. The maximum Gasteiger partial charge on any atom is 0.242 e. The van der Waals surface area contributed by atoms with Gasteiger partial charge in [0.1, 0.15) is 5.25 Å². The summed E-state index contributed by atoms with van der Waals surface area (Å²) >= 11 is 1.48. The molecule has 0 saturated carbocycles. The van der Waals surface area contributed by atoms with Crippen molar-refractivity contribution >= 4 is 35.0 Å². The summed E-state index contributed by atoms with van der Waals surface area (Å²) in [5.74, 6) is -0.176. The van der Waals surface area contributed by atoms with Crippen LogP contribution >= 0.6 is 11.8 Å². The molecule has 0 fully saturated rings. The number of para-hydroxylation sites is 1. The first-order chi connectivity index (χ1) is 13.9. The molecule has 2 amide bonds. The lowest BCUT2D eigenvalue weighted by molar-refractivity contribution is -0.116. The van der Waals surface area contributed by atoms with E-state index < -0.39 is 5.25 Å². The quantitative estimate of drug-likeness (QED) is 0.516. The van der Waals surface area contributed by atoms with E-state index in [0.29, 0.717) is 0 Å². The lowest BCUT2D eigenvalue weighted by Crippen LogP contribution is -2.20. The van der Waals surface area contributed by atoms with Crippen molar-refractivity contribution < 1.29 is 9.59 Å². The molecule has 0 aliphatic heterocycles. The Morgan fingerprint density at radius 3 is 2.00 bits per heavy atom. The summed E-state index contributed by atoms with van der Waals surface area (Å²) < 4.78 is 0. The van der Waals surface area contributed by atoms with Crippen LogP contribution in [0, 0.1) is 13.8 Å². The Bertz CT molecular complexity index is 981. The van der Waals surface area contributed by atoms with Crippen LogP contribution in [0.1, 0.15) is 28.9 Å². The van der Waals surface area contributed by atoms with E-state index in [1.54, 1.807) is 0 Å². The van der Waals surface area contributed by atoms with E-state index in [0.717, 1.165) is 33.0 Å². The molecule has 0 aliphatic rings. The zero-order valence-corrected chi connectivity index (χ0v) is 17.5. The monoisotopic (exact) mass is 404 g/mol. The molecular formula is C24H24N2O2S. The maximum atomic E-state index is 13.2. The summed E-state index contributed by atoms with van der Waals surface area (Å²) in [6.45, 7) is 5.47. The standard InChI is InChI=1S/C24H24N2O2S/c1-16-8-7-9-17(2)22(16)26-24(28)23(19-10-5-4-6-11-19)29-21-14-12-20(13-15-21)25-18(3)27/h4-15,23H,1-3H3,(H,25,27)(H,26,28). The van der Waals surface area contributed by atoms with E-state index in [9.17, 15) is 9.59 Å². The van der Waals surface area contributed by atoms with Crippen molar-refractivity contribution in [2.75, 3.05) is 10.6 Å². The van der Waals surface area contributed by atoms with E-state index >= 15 is 0 Å². The highest BCUT2D eigenvalue weighted by Crippen LogP contribution is 2.37. The summed E-state index contributed by atoms with van der Waals surface area (Å²) in [6, 6.07) is 23.2. The highest BCUT2D eigenvalue weighted by atomic mass is 32.2. The van der Waals surface area contributed by atoms with E-state index in [4.69, 9.17) is 0 Å². The highest BCUT2D eigenvalue weighted by molar-refractivity contribution is 8.00. The number of rotatable bonds is 6. The van der Waals surface area contributed by atoms with E-state index in [1.807, 2.05) is 86.6 Å². The van der Waals surface area contributed by atoms with Gasteiger partial charge in [-0.05, 0) is 54.8 Å². The first-order valence-electron chi connectivity index (χ1n) is 9.40. The van der Waals surface area contributed by atoms with Gasteiger partial charge in [0.25, 0.3) is 0 Å². The molecule has 1 atom stereocenters. The van der Waals surface area contributed by atoms with Gasteiger partial charge in [-0.2, -0.15) is 0 Å². The molecular weight excluding hydrogens is 380 g/mol. The molecule has 0 spiro atoms. The maximum absolute atomic E-state index is 13.2. The molecule has 3 aromatic rings. The zero-order chi connectivity index (χ0) is 20.8. The Morgan fingerprint density at radius 1 is 0.793 bits per heavy atom. The molecule has 0 aromatic heterocycles. The Labute approximate surface area is 175 Å². The van der Waals surface area contributed by atoms with Crippen molar-refractivity contribution in [2.45, 2.75) is 30.9 Å². The molecule has 0 aliphatic carbocycles. The first kappa shape index (κ1) is 20.7. The number of carbonyl (C=O) groups is 2. The minimum Gasteiger partial charge on any atom is -0.326 e. The average Bonchev–Trinajstić information content (AvgIpc) is 2.70. The van der Waals surface area contributed by atoms with Crippen LogP contribution in [0.15, 0.2) is 77.7 Å². The predicted octanol–water partition coefficient (Wildman–Crippen LogP) is 5.73. The largest absolute Gasteiger partial charge is 0.326 e. The third kappa shape index (κ3) is 5.48. The van der Waals surface area contributed by atoms with Gasteiger partial charge in [0.2, 0.25) is 11.8 Å². The zero-order valence-electron chi connectivity index (χ0n) is 16.7. The number of anilines is 2. The smallest absolute Gasteiger partial charge is 0.242 e. The van der Waals surface area contributed by atoms with Crippen LogP contribution in [0.25, 0.3) is 0 Å². The molecule has 148 valence electrons. The van der Waals surface area contributed by atoms with E-state index in [-0.39, 0.29) is 11.8 Å². The minimum absolute atomic E-state index is 0.0652. The number of nitrogens with one attached hydrogen (secondary N) is 2. The van der Waals surface area contributed by atoms with Crippen LogP contribution in [0.4, 0.5) is 11.4 Å². The van der Waals surface area contributed by atoms with Crippen molar-refractivity contribution in [2.24, 2.45) is 0 Å². The van der Waals surface area contributed by atoms with Crippen LogP contribution in [0.2, 0.25) is 0 Å². The van der Waals surface area contributed by atoms with Crippen molar-refractivity contribution in [3.8, 4) is 0 Å². The van der Waals surface area contributed by atoms with E-state index in [2.05, 4.69) is 10.6 Å². The van der Waals surface area contributed by atoms with Gasteiger partial charge >= 0.3 is 0 Å². The van der Waals surface area contributed by atoms with Crippen LogP contribution in [0.5, 0.6) is 0 Å². The fraction of sp³-hybridized carbons (Fsp3) is 0.167. The fourth-order valence-corrected chi connectivity index (χ4v) is 4.08. The van der Waals surface area contributed by atoms with Gasteiger partial charge in [-0.15, -0.1) is 11.8 Å². The molecule has 3 rings (SSSR count). The molecule has 1 unspecified atom stereocenters. The summed E-state index contributed by atoms with van der Waals surface area (Å²) in [4.78, 5) is 25.4. The number of hydrogen-bond acceptors (Lipinski definition) is 3. The van der Waals surface area contributed by atoms with Gasteiger partial charge in [0.05, 0.1) is 0 Å². The van der Waals surface area contributed by atoms with Crippen molar-refractivity contribution in [3.63, 3.8) is 0 Å². The molecule has 0 radical (unpaired) electrons. The van der Waals surface area contributed by atoms with Crippen LogP contribution in [-0.4, -0.2) is 11.8 Å². The second kappa shape index (κ2) is 9.43. The summed E-state index contributed by atoms with van der Waals surface area (Å²) in [5, 5.41) is 5.47. The summed E-state index contributed by atoms with van der Waals surface area (Å²) in [7, 11) is 0. The number of thioether (sulfide) groups is 1. The molecule has 0 heterocycles.